The first kappa shape index (κ1) is 14.0. The molecule has 1 aromatic rings. The highest BCUT2D eigenvalue weighted by Crippen LogP contribution is 2.17. The lowest BCUT2D eigenvalue weighted by Crippen LogP contribution is -1.98. The van der Waals surface area contributed by atoms with Gasteiger partial charge in [-0.3, -0.25) is 0 Å². The lowest BCUT2D eigenvalue weighted by molar-refractivity contribution is 0.331. The lowest BCUT2D eigenvalue weighted by atomic mass is 10.3. The van der Waals surface area contributed by atoms with Crippen LogP contribution in [0.25, 0.3) is 0 Å². The van der Waals surface area contributed by atoms with Crippen LogP contribution in [0.15, 0.2) is 40.9 Å². The van der Waals surface area contributed by atoms with Crippen molar-refractivity contribution in [2.24, 2.45) is 10.2 Å². The van der Waals surface area contributed by atoms with Gasteiger partial charge in [-0.1, -0.05) is 25.2 Å². The number of aromatic nitrogens is 2. The van der Waals surface area contributed by atoms with E-state index in [4.69, 9.17) is 4.74 Å². The first-order valence-electron chi connectivity index (χ1n) is 5.50. The fourth-order valence-electron chi connectivity index (χ4n) is 0.889. The van der Waals surface area contributed by atoms with Gasteiger partial charge < -0.3 is 4.74 Å². The van der Waals surface area contributed by atoms with Crippen LogP contribution in [0.2, 0.25) is 0 Å². The van der Waals surface area contributed by atoms with Crippen LogP contribution in [0.3, 0.4) is 0 Å². The second-order valence-electron chi connectivity index (χ2n) is 3.47. The molecular formula is C12H15FN4O. The summed E-state index contributed by atoms with van der Waals surface area (Å²) < 4.78 is 18.4. The van der Waals surface area contributed by atoms with Gasteiger partial charge in [0.05, 0.1) is 6.20 Å². The minimum absolute atomic E-state index is 0.0430. The molecule has 0 aromatic carbocycles. The zero-order chi connectivity index (χ0) is 13.4. The Hall–Kier alpha value is -2.11. The Labute approximate surface area is 105 Å². The van der Waals surface area contributed by atoms with Crippen LogP contribution in [-0.2, 0) is 0 Å². The van der Waals surface area contributed by atoms with Crippen molar-refractivity contribution in [2.45, 2.75) is 20.3 Å². The van der Waals surface area contributed by atoms with E-state index in [9.17, 15) is 4.39 Å². The molecule has 0 unspecified atom stereocenters. The molecule has 1 rings (SSSR count). The summed E-state index contributed by atoms with van der Waals surface area (Å²) in [6, 6.07) is 0.0430. The summed E-state index contributed by atoms with van der Waals surface area (Å²) in [6.45, 7) is 7.64. The molecule has 1 aromatic heterocycles. The van der Waals surface area contributed by atoms with E-state index in [1.54, 1.807) is 12.3 Å². The summed E-state index contributed by atoms with van der Waals surface area (Å²) in [4.78, 5) is 7.45. The van der Waals surface area contributed by atoms with Crippen molar-refractivity contribution >= 4 is 5.82 Å². The average Bonchev–Trinajstić information content (AvgIpc) is 2.39. The van der Waals surface area contributed by atoms with Gasteiger partial charge in [0, 0.05) is 6.20 Å². The number of azo groups is 1. The fourth-order valence-corrected chi connectivity index (χ4v) is 0.889. The monoisotopic (exact) mass is 250 g/mol. The van der Waals surface area contributed by atoms with Crippen LogP contribution >= 0.6 is 0 Å². The van der Waals surface area contributed by atoms with Crippen molar-refractivity contribution in [1.82, 2.24) is 9.97 Å². The highest BCUT2D eigenvalue weighted by atomic mass is 19.1. The van der Waals surface area contributed by atoms with Crippen LogP contribution in [-0.4, -0.2) is 16.6 Å². The summed E-state index contributed by atoms with van der Waals surface area (Å²) in [7, 11) is 0. The van der Waals surface area contributed by atoms with Gasteiger partial charge in [-0.05, 0) is 13.3 Å². The summed E-state index contributed by atoms with van der Waals surface area (Å²) in [5, 5.41) is 7.43. The summed E-state index contributed by atoms with van der Waals surface area (Å²) in [5.74, 6) is -0.795. The molecule has 0 radical (unpaired) electrons. The topological polar surface area (TPSA) is 59.7 Å². The fraction of sp³-hybridized carbons (Fsp3) is 0.333. The third kappa shape index (κ3) is 4.40. The molecule has 0 spiro atoms. The van der Waals surface area contributed by atoms with E-state index in [-0.39, 0.29) is 18.4 Å². The maximum Gasteiger partial charge on any atom is 0.318 e. The van der Waals surface area contributed by atoms with Crippen LogP contribution in [0.1, 0.15) is 20.3 Å². The van der Waals surface area contributed by atoms with Gasteiger partial charge in [0.2, 0.25) is 5.82 Å². The molecule has 0 atom stereocenters. The molecule has 0 bridgehead atoms. The minimum atomic E-state index is -0.646. The highest BCUT2D eigenvalue weighted by Gasteiger charge is 2.06. The number of ether oxygens (including phenoxy) is 1. The summed E-state index contributed by atoms with van der Waals surface area (Å²) >= 11 is 0. The third-order valence-corrected chi connectivity index (χ3v) is 2.02. The molecule has 6 heteroatoms. The molecule has 96 valence electrons. The number of hydrogen-bond donors (Lipinski definition) is 0. The van der Waals surface area contributed by atoms with Gasteiger partial charge in [0.1, 0.15) is 6.61 Å². The predicted molar refractivity (Wildman–Crippen MR) is 66.2 cm³/mol. The maximum absolute atomic E-state index is 13.3. The van der Waals surface area contributed by atoms with Crippen molar-refractivity contribution in [3.63, 3.8) is 0 Å². The van der Waals surface area contributed by atoms with Crippen molar-refractivity contribution in [3.8, 4) is 6.01 Å². The normalized spacial score (nSPS) is 11.8. The zero-order valence-electron chi connectivity index (χ0n) is 10.4. The van der Waals surface area contributed by atoms with Crippen molar-refractivity contribution in [2.75, 3.05) is 6.61 Å². The summed E-state index contributed by atoms with van der Waals surface area (Å²) in [5.41, 5.74) is 1.04. The number of rotatable bonds is 6. The Morgan fingerprint density at radius 1 is 1.61 bits per heavy atom. The lowest BCUT2D eigenvalue weighted by Gasteiger charge is -2.00. The zero-order valence-corrected chi connectivity index (χ0v) is 10.4. The van der Waals surface area contributed by atoms with E-state index in [1.807, 2.05) is 13.8 Å². The number of nitrogens with zero attached hydrogens (tertiary/aromatic N) is 4. The largest absolute Gasteiger partial charge is 0.459 e. The predicted octanol–water partition coefficient (Wildman–Crippen LogP) is 3.58. The van der Waals surface area contributed by atoms with Gasteiger partial charge in [0.25, 0.3) is 0 Å². The maximum atomic E-state index is 13.3. The van der Waals surface area contributed by atoms with Crippen molar-refractivity contribution in [1.29, 1.82) is 0 Å². The molecule has 0 aliphatic heterocycles. The highest BCUT2D eigenvalue weighted by molar-refractivity contribution is 5.27. The van der Waals surface area contributed by atoms with Crippen molar-refractivity contribution < 1.29 is 9.13 Å². The second kappa shape index (κ2) is 7.26. The quantitative estimate of drug-likeness (QED) is 0.572. The van der Waals surface area contributed by atoms with E-state index in [2.05, 4.69) is 26.8 Å². The number of allylic oxidation sites excluding steroid dienone is 1. The molecule has 18 heavy (non-hydrogen) atoms. The van der Waals surface area contributed by atoms with Crippen LogP contribution < -0.4 is 4.74 Å². The van der Waals surface area contributed by atoms with Crippen LogP contribution in [0.4, 0.5) is 10.2 Å². The third-order valence-electron chi connectivity index (χ3n) is 2.02. The second-order valence-corrected chi connectivity index (χ2v) is 3.47. The molecule has 0 aliphatic rings. The first-order valence-corrected chi connectivity index (χ1v) is 5.50. The first-order chi connectivity index (χ1) is 8.67. The number of hydrogen-bond acceptors (Lipinski definition) is 5. The van der Waals surface area contributed by atoms with Gasteiger partial charge in [-0.25, -0.2) is 9.37 Å². The van der Waals surface area contributed by atoms with Crippen LogP contribution in [0, 0.1) is 5.82 Å². The van der Waals surface area contributed by atoms with Gasteiger partial charge in [-0.2, -0.15) is 10.1 Å². The van der Waals surface area contributed by atoms with E-state index in [0.29, 0.717) is 0 Å². The van der Waals surface area contributed by atoms with Crippen LogP contribution in [0.5, 0.6) is 6.01 Å². The molecule has 0 amide bonds. The molecule has 0 N–H and O–H groups in total. The Bertz CT molecular complexity index is 471. The standard InChI is InChI=1S/C12H15FN4O/c1-4-6-18-12-14-8-10(13)11(16-12)17-15-7-9(3)5-2/h4,7-8H,1,5-6H2,2-3H3. The van der Waals surface area contributed by atoms with Gasteiger partial charge in [-0.15, -0.1) is 5.11 Å². The van der Waals surface area contributed by atoms with E-state index in [1.165, 1.54) is 0 Å². The SMILES string of the molecule is C=CCOc1ncc(F)c(N=NC=C(C)CC)n1. The van der Waals surface area contributed by atoms with Gasteiger partial charge >= 0.3 is 6.01 Å². The van der Waals surface area contributed by atoms with Crippen molar-refractivity contribution in [3.05, 3.63) is 36.4 Å². The molecule has 1 heterocycles. The Balaban J connectivity index is 2.83. The van der Waals surface area contributed by atoms with E-state index < -0.39 is 5.82 Å². The smallest absolute Gasteiger partial charge is 0.318 e. The van der Waals surface area contributed by atoms with Gasteiger partial charge in [0.15, 0.2) is 5.82 Å². The molecule has 5 nitrogen and oxygen atoms in total. The number of halogens is 1. The molecule has 0 fully saturated rings. The van der Waals surface area contributed by atoms with E-state index >= 15 is 0 Å². The Morgan fingerprint density at radius 3 is 3.06 bits per heavy atom. The molecule has 0 saturated carbocycles. The Kier molecular flexibility index (Phi) is 5.63. The van der Waals surface area contributed by atoms with E-state index in [0.717, 1.165) is 18.2 Å². The average molecular weight is 250 g/mol. The minimum Gasteiger partial charge on any atom is -0.459 e. The summed E-state index contributed by atoms with van der Waals surface area (Å²) in [6.07, 6.45) is 4.96. The molecule has 0 saturated heterocycles. The molecular weight excluding hydrogens is 235 g/mol. The Morgan fingerprint density at radius 2 is 2.39 bits per heavy atom. The molecule has 0 aliphatic carbocycles.